The molecule has 1 unspecified atom stereocenters. The molecule has 1 aliphatic heterocycles. The van der Waals surface area contributed by atoms with Crippen molar-refractivity contribution in [2.75, 3.05) is 19.6 Å². The molecule has 1 aliphatic rings. The van der Waals surface area contributed by atoms with Crippen LogP contribution in [0.4, 0.5) is 4.39 Å². The van der Waals surface area contributed by atoms with Crippen molar-refractivity contribution in [1.29, 1.82) is 0 Å². The van der Waals surface area contributed by atoms with E-state index in [9.17, 15) is 14.3 Å². The van der Waals surface area contributed by atoms with Gasteiger partial charge in [0.25, 0.3) is 0 Å². The third-order valence-electron chi connectivity index (χ3n) is 3.15. The van der Waals surface area contributed by atoms with Crippen LogP contribution in [0, 0.1) is 5.82 Å². The van der Waals surface area contributed by atoms with Gasteiger partial charge < -0.3 is 10.0 Å². The van der Waals surface area contributed by atoms with Crippen molar-refractivity contribution in [3.63, 3.8) is 0 Å². The molecular formula is C13H17FN2O2. The molecule has 2 heterocycles. The Kier molecular flexibility index (Phi) is 4.38. The molecule has 0 radical (unpaired) electrons. The molecule has 1 saturated heterocycles. The van der Waals surface area contributed by atoms with Gasteiger partial charge in [-0.2, -0.15) is 0 Å². The standard InChI is InChI=1S/C13H17FN2O2/c14-10-3-4-12(15-8-10)13(18)5-7-16-6-1-2-11(17)9-16/h3-4,8,11,17H,1-2,5-7,9H2. The number of nitrogens with zero attached hydrogens (tertiary/aromatic N) is 2. The van der Waals surface area contributed by atoms with Gasteiger partial charge in [0, 0.05) is 19.5 Å². The van der Waals surface area contributed by atoms with E-state index in [2.05, 4.69) is 9.88 Å². The van der Waals surface area contributed by atoms with E-state index < -0.39 is 5.82 Å². The number of carbonyl (C=O) groups is 1. The van der Waals surface area contributed by atoms with E-state index >= 15 is 0 Å². The fraction of sp³-hybridized carbons (Fsp3) is 0.538. The second-order valence-corrected chi connectivity index (χ2v) is 4.63. The smallest absolute Gasteiger partial charge is 0.182 e. The minimum atomic E-state index is -0.439. The van der Waals surface area contributed by atoms with Gasteiger partial charge in [-0.3, -0.25) is 9.78 Å². The topological polar surface area (TPSA) is 53.4 Å². The highest BCUT2D eigenvalue weighted by Crippen LogP contribution is 2.11. The molecule has 18 heavy (non-hydrogen) atoms. The van der Waals surface area contributed by atoms with Gasteiger partial charge >= 0.3 is 0 Å². The minimum Gasteiger partial charge on any atom is -0.392 e. The van der Waals surface area contributed by atoms with E-state index in [1.807, 2.05) is 0 Å². The maximum absolute atomic E-state index is 12.7. The van der Waals surface area contributed by atoms with Gasteiger partial charge in [0.15, 0.2) is 5.78 Å². The van der Waals surface area contributed by atoms with Crippen LogP contribution in [0.3, 0.4) is 0 Å². The zero-order valence-electron chi connectivity index (χ0n) is 10.2. The average Bonchev–Trinajstić information content (AvgIpc) is 2.37. The Morgan fingerprint density at radius 1 is 1.56 bits per heavy atom. The quantitative estimate of drug-likeness (QED) is 0.819. The number of piperidine rings is 1. The first-order chi connectivity index (χ1) is 8.65. The van der Waals surface area contributed by atoms with Crippen molar-refractivity contribution in [2.24, 2.45) is 0 Å². The average molecular weight is 252 g/mol. The van der Waals surface area contributed by atoms with Crippen LogP contribution in [0.25, 0.3) is 0 Å². The van der Waals surface area contributed by atoms with Crippen molar-refractivity contribution in [3.05, 3.63) is 29.8 Å². The van der Waals surface area contributed by atoms with E-state index in [1.165, 1.54) is 12.1 Å². The number of hydrogen-bond donors (Lipinski definition) is 1. The molecule has 1 aromatic rings. The van der Waals surface area contributed by atoms with E-state index in [4.69, 9.17) is 0 Å². The number of β-amino-alcohol motifs (C(OH)–C–C–N with tert-alkyl or cyclic N) is 1. The van der Waals surface area contributed by atoms with Crippen LogP contribution in [-0.4, -0.2) is 46.5 Å². The van der Waals surface area contributed by atoms with Crippen molar-refractivity contribution >= 4 is 5.78 Å². The van der Waals surface area contributed by atoms with Crippen molar-refractivity contribution in [2.45, 2.75) is 25.4 Å². The summed E-state index contributed by atoms with van der Waals surface area (Å²) in [6, 6.07) is 2.65. The lowest BCUT2D eigenvalue weighted by Gasteiger charge is -2.29. The van der Waals surface area contributed by atoms with E-state index in [1.54, 1.807) is 0 Å². The number of aliphatic hydroxyl groups excluding tert-OH is 1. The number of likely N-dealkylation sites (tertiary alicyclic amines) is 1. The molecule has 0 bridgehead atoms. The molecule has 0 aromatic carbocycles. The maximum Gasteiger partial charge on any atom is 0.182 e. The van der Waals surface area contributed by atoms with E-state index in [0.29, 0.717) is 25.2 Å². The van der Waals surface area contributed by atoms with Gasteiger partial charge in [-0.1, -0.05) is 0 Å². The predicted octanol–water partition coefficient (Wildman–Crippen LogP) is 1.25. The van der Waals surface area contributed by atoms with Gasteiger partial charge in [0.1, 0.15) is 11.5 Å². The molecule has 1 aromatic heterocycles. The summed E-state index contributed by atoms with van der Waals surface area (Å²) in [6.07, 6.45) is 2.93. The Hall–Kier alpha value is -1.33. The highest BCUT2D eigenvalue weighted by atomic mass is 19.1. The fourth-order valence-corrected chi connectivity index (χ4v) is 2.16. The zero-order valence-corrected chi connectivity index (χ0v) is 10.2. The number of pyridine rings is 1. The maximum atomic E-state index is 12.7. The Morgan fingerprint density at radius 2 is 2.39 bits per heavy atom. The summed E-state index contributed by atoms with van der Waals surface area (Å²) in [5.74, 6) is -0.527. The summed E-state index contributed by atoms with van der Waals surface area (Å²) in [4.78, 5) is 17.6. The number of aliphatic hydroxyl groups is 1. The first kappa shape index (κ1) is 13.1. The lowest BCUT2D eigenvalue weighted by Crippen LogP contribution is -2.39. The van der Waals surface area contributed by atoms with Gasteiger partial charge in [-0.15, -0.1) is 0 Å². The van der Waals surface area contributed by atoms with Crippen LogP contribution in [0.15, 0.2) is 18.3 Å². The van der Waals surface area contributed by atoms with Gasteiger partial charge in [0.2, 0.25) is 0 Å². The SMILES string of the molecule is O=C(CCN1CCCC(O)C1)c1ccc(F)cn1. The third kappa shape index (κ3) is 3.58. The first-order valence-corrected chi connectivity index (χ1v) is 6.20. The monoisotopic (exact) mass is 252 g/mol. The summed E-state index contributed by atoms with van der Waals surface area (Å²) >= 11 is 0. The summed E-state index contributed by atoms with van der Waals surface area (Å²) in [5.41, 5.74) is 0.300. The molecule has 0 amide bonds. The predicted molar refractivity (Wildman–Crippen MR) is 64.8 cm³/mol. The zero-order chi connectivity index (χ0) is 13.0. The number of rotatable bonds is 4. The molecule has 0 saturated carbocycles. The van der Waals surface area contributed by atoms with Crippen LogP contribution in [-0.2, 0) is 0 Å². The number of halogens is 1. The largest absolute Gasteiger partial charge is 0.392 e. The molecular weight excluding hydrogens is 235 g/mol. The second-order valence-electron chi connectivity index (χ2n) is 4.63. The fourth-order valence-electron chi connectivity index (χ4n) is 2.16. The second kappa shape index (κ2) is 6.02. The summed E-state index contributed by atoms with van der Waals surface area (Å²) < 4.78 is 12.7. The van der Waals surface area contributed by atoms with Gasteiger partial charge in [-0.05, 0) is 31.5 Å². The van der Waals surface area contributed by atoms with Crippen LogP contribution in [0.2, 0.25) is 0 Å². The Balaban J connectivity index is 1.82. The molecule has 0 spiro atoms. The molecule has 1 atom stereocenters. The van der Waals surface area contributed by atoms with Gasteiger partial charge in [-0.25, -0.2) is 4.39 Å². The normalized spacial score (nSPS) is 20.9. The summed E-state index contributed by atoms with van der Waals surface area (Å²) in [6.45, 7) is 2.17. The number of Topliss-reactive ketones (excluding diaryl/α,β-unsaturated/α-hetero) is 1. The Bertz CT molecular complexity index is 408. The number of aromatic nitrogens is 1. The van der Waals surface area contributed by atoms with Crippen molar-refractivity contribution < 1.29 is 14.3 Å². The minimum absolute atomic E-state index is 0.0879. The van der Waals surface area contributed by atoms with Crippen molar-refractivity contribution in [1.82, 2.24) is 9.88 Å². The number of ketones is 1. The lowest BCUT2D eigenvalue weighted by molar-refractivity contribution is 0.0669. The van der Waals surface area contributed by atoms with Crippen LogP contribution in [0.1, 0.15) is 29.8 Å². The molecule has 2 rings (SSSR count). The summed E-state index contributed by atoms with van der Waals surface area (Å²) in [5, 5.41) is 9.51. The number of hydrogen-bond acceptors (Lipinski definition) is 4. The first-order valence-electron chi connectivity index (χ1n) is 6.20. The third-order valence-corrected chi connectivity index (χ3v) is 3.15. The van der Waals surface area contributed by atoms with Crippen molar-refractivity contribution in [3.8, 4) is 0 Å². The molecule has 1 fully saturated rings. The van der Waals surface area contributed by atoms with E-state index in [-0.39, 0.29) is 11.9 Å². The van der Waals surface area contributed by atoms with E-state index in [0.717, 1.165) is 25.6 Å². The highest BCUT2D eigenvalue weighted by molar-refractivity contribution is 5.94. The lowest BCUT2D eigenvalue weighted by atomic mass is 10.1. The van der Waals surface area contributed by atoms with Crippen LogP contribution in [0.5, 0.6) is 0 Å². The molecule has 5 heteroatoms. The highest BCUT2D eigenvalue weighted by Gasteiger charge is 2.18. The Morgan fingerprint density at radius 3 is 3.06 bits per heavy atom. The van der Waals surface area contributed by atoms with Crippen LogP contribution < -0.4 is 0 Å². The molecule has 0 aliphatic carbocycles. The molecule has 4 nitrogen and oxygen atoms in total. The summed E-state index contributed by atoms with van der Waals surface area (Å²) in [7, 11) is 0. The van der Waals surface area contributed by atoms with Gasteiger partial charge in [0.05, 0.1) is 12.3 Å². The Labute approximate surface area is 105 Å². The van der Waals surface area contributed by atoms with Crippen LogP contribution >= 0.6 is 0 Å². The number of carbonyl (C=O) groups excluding carboxylic acids is 1. The molecule has 98 valence electrons. The molecule has 1 N–H and O–H groups in total.